The lowest BCUT2D eigenvalue weighted by atomic mass is 9.94. The molecular weight excluding hydrogens is 465 g/mol. The van der Waals surface area contributed by atoms with Gasteiger partial charge in [0.1, 0.15) is 17.4 Å². The van der Waals surface area contributed by atoms with Crippen LogP contribution in [0.2, 0.25) is 0 Å². The number of rotatable bonds is 7. The molecule has 1 aromatic rings. The van der Waals surface area contributed by atoms with Gasteiger partial charge in [0.05, 0.1) is 16.6 Å². The van der Waals surface area contributed by atoms with E-state index in [1.807, 2.05) is 0 Å². The molecule has 0 saturated carbocycles. The first-order chi connectivity index (χ1) is 12.4. The molecule has 0 radical (unpaired) electrons. The van der Waals surface area contributed by atoms with Gasteiger partial charge in [-0.05, 0) is 61.1 Å². The van der Waals surface area contributed by atoms with Crippen molar-refractivity contribution in [2.24, 2.45) is 5.92 Å². The maximum atomic E-state index is 12.9. The van der Waals surface area contributed by atoms with E-state index in [0.717, 1.165) is 3.57 Å². The summed E-state index contributed by atoms with van der Waals surface area (Å²) in [5, 5.41) is 9.12. The van der Waals surface area contributed by atoms with Gasteiger partial charge < -0.3 is 14.6 Å². The molecule has 1 amide bonds. The molecular formula is C19H26INO6. The smallest absolute Gasteiger partial charge is 0.410 e. The molecule has 1 aromatic carbocycles. The van der Waals surface area contributed by atoms with Crippen molar-refractivity contribution in [2.75, 3.05) is 14.2 Å². The second-order valence-electron chi connectivity index (χ2n) is 7.30. The summed E-state index contributed by atoms with van der Waals surface area (Å²) in [6, 6.07) is 4.19. The molecule has 0 fully saturated rings. The lowest BCUT2D eigenvalue weighted by Crippen LogP contribution is -2.40. The molecule has 2 atom stereocenters. The minimum absolute atomic E-state index is 0.199. The highest BCUT2D eigenvalue weighted by Gasteiger charge is 2.33. The van der Waals surface area contributed by atoms with Crippen LogP contribution in [0.4, 0.5) is 4.79 Å². The second-order valence-corrected chi connectivity index (χ2v) is 8.46. The predicted octanol–water partition coefficient (Wildman–Crippen LogP) is 3.89. The number of ketones is 1. The topological polar surface area (TPSA) is 93.1 Å². The number of aliphatic carboxylic acids is 1. The van der Waals surface area contributed by atoms with Crippen molar-refractivity contribution in [3.63, 3.8) is 0 Å². The summed E-state index contributed by atoms with van der Waals surface area (Å²) in [4.78, 5) is 37.8. The van der Waals surface area contributed by atoms with Crippen LogP contribution in [0, 0.1) is 9.49 Å². The van der Waals surface area contributed by atoms with Crippen molar-refractivity contribution in [3.05, 3.63) is 27.3 Å². The summed E-state index contributed by atoms with van der Waals surface area (Å²) in [5.41, 5.74) is -0.155. The quantitative estimate of drug-likeness (QED) is 0.582. The number of Topliss-reactive ketones (excluding diaryl/α,β-unsaturated/α-hetero) is 1. The van der Waals surface area contributed by atoms with Gasteiger partial charge in [0.15, 0.2) is 5.78 Å². The summed E-state index contributed by atoms with van der Waals surface area (Å²) >= 11 is 2.08. The Balaban J connectivity index is 3.27. The highest BCUT2D eigenvalue weighted by Crippen LogP contribution is 2.30. The number of amides is 1. The van der Waals surface area contributed by atoms with Crippen molar-refractivity contribution in [1.29, 1.82) is 0 Å². The summed E-state index contributed by atoms with van der Waals surface area (Å²) in [7, 11) is 3.01. The number of benzene rings is 1. The van der Waals surface area contributed by atoms with Crippen LogP contribution in [0.25, 0.3) is 0 Å². The normalized spacial score (nSPS) is 13.4. The summed E-state index contributed by atoms with van der Waals surface area (Å²) in [6.45, 7) is 6.66. The van der Waals surface area contributed by atoms with E-state index in [1.54, 1.807) is 46.1 Å². The van der Waals surface area contributed by atoms with E-state index < -0.39 is 29.6 Å². The van der Waals surface area contributed by atoms with E-state index >= 15 is 0 Å². The fourth-order valence-corrected chi connectivity index (χ4v) is 3.18. The number of likely N-dealkylation sites (N-methyl/N-ethyl adjacent to an activating group) is 1. The molecule has 0 heterocycles. The first-order valence-electron chi connectivity index (χ1n) is 8.42. The molecule has 0 aliphatic carbocycles. The fourth-order valence-electron chi connectivity index (χ4n) is 2.42. The number of carboxylic acid groups (broad SMARTS) is 1. The molecule has 0 aliphatic heterocycles. The molecule has 0 bridgehead atoms. The number of nitrogens with zero attached hydrogens (tertiary/aromatic N) is 1. The summed E-state index contributed by atoms with van der Waals surface area (Å²) < 4.78 is 11.4. The SMILES string of the molecule is COc1ccc([C@@H](C(=O)C[C@@H](C)C(=O)O)N(C)C(=O)OC(C)(C)C)cc1I. The van der Waals surface area contributed by atoms with Gasteiger partial charge >= 0.3 is 12.1 Å². The van der Waals surface area contributed by atoms with E-state index in [1.165, 1.54) is 18.9 Å². The molecule has 0 saturated heterocycles. The molecule has 150 valence electrons. The third-order valence-corrected chi connectivity index (χ3v) is 4.64. The lowest BCUT2D eigenvalue weighted by molar-refractivity contribution is -0.143. The van der Waals surface area contributed by atoms with Crippen LogP contribution in [-0.2, 0) is 14.3 Å². The Morgan fingerprint density at radius 1 is 1.26 bits per heavy atom. The van der Waals surface area contributed by atoms with Gasteiger partial charge in [-0.2, -0.15) is 0 Å². The number of carbonyl (C=O) groups excluding carboxylic acids is 2. The van der Waals surface area contributed by atoms with Gasteiger partial charge in [0, 0.05) is 13.5 Å². The number of carbonyl (C=O) groups is 3. The van der Waals surface area contributed by atoms with Crippen molar-refractivity contribution < 1.29 is 29.0 Å². The monoisotopic (exact) mass is 491 g/mol. The Labute approximate surface area is 173 Å². The van der Waals surface area contributed by atoms with Gasteiger partial charge in [-0.25, -0.2) is 4.79 Å². The zero-order valence-electron chi connectivity index (χ0n) is 16.4. The van der Waals surface area contributed by atoms with E-state index in [-0.39, 0.29) is 12.2 Å². The van der Waals surface area contributed by atoms with Gasteiger partial charge in [-0.15, -0.1) is 0 Å². The molecule has 8 heteroatoms. The number of hydrogen-bond acceptors (Lipinski definition) is 5. The average molecular weight is 491 g/mol. The van der Waals surface area contributed by atoms with Crippen molar-refractivity contribution in [1.82, 2.24) is 4.90 Å². The molecule has 0 unspecified atom stereocenters. The van der Waals surface area contributed by atoms with Crippen LogP contribution in [0.15, 0.2) is 18.2 Å². The molecule has 0 aromatic heterocycles. The molecule has 27 heavy (non-hydrogen) atoms. The minimum Gasteiger partial charge on any atom is -0.496 e. The molecule has 1 N–H and O–H groups in total. The first-order valence-corrected chi connectivity index (χ1v) is 9.50. The maximum Gasteiger partial charge on any atom is 0.410 e. The number of ether oxygens (including phenoxy) is 2. The third-order valence-electron chi connectivity index (χ3n) is 3.79. The second kappa shape index (κ2) is 9.38. The van der Waals surface area contributed by atoms with E-state index in [4.69, 9.17) is 14.6 Å². The lowest BCUT2D eigenvalue weighted by Gasteiger charge is -2.30. The Morgan fingerprint density at radius 3 is 2.30 bits per heavy atom. The largest absolute Gasteiger partial charge is 0.496 e. The van der Waals surface area contributed by atoms with E-state index in [2.05, 4.69) is 22.6 Å². The van der Waals surface area contributed by atoms with E-state index in [0.29, 0.717) is 11.3 Å². The summed E-state index contributed by atoms with van der Waals surface area (Å²) in [5.74, 6) is -1.65. The van der Waals surface area contributed by atoms with Crippen LogP contribution in [0.3, 0.4) is 0 Å². The highest BCUT2D eigenvalue weighted by molar-refractivity contribution is 14.1. The van der Waals surface area contributed by atoms with Crippen LogP contribution in [-0.4, -0.2) is 47.6 Å². The van der Waals surface area contributed by atoms with Crippen LogP contribution >= 0.6 is 22.6 Å². The third kappa shape index (κ3) is 6.67. The predicted molar refractivity (Wildman–Crippen MR) is 109 cm³/mol. The van der Waals surface area contributed by atoms with Gasteiger partial charge in [0.2, 0.25) is 0 Å². The number of methoxy groups -OCH3 is 1. The zero-order valence-corrected chi connectivity index (χ0v) is 18.6. The number of halogens is 1. The van der Waals surface area contributed by atoms with Crippen LogP contribution in [0.1, 0.15) is 45.7 Å². The fraction of sp³-hybridized carbons (Fsp3) is 0.526. The van der Waals surface area contributed by atoms with Crippen LogP contribution in [0.5, 0.6) is 5.75 Å². The first kappa shape index (κ1) is 23.2. The number of carboxylic acids is 1. The van der Waals surface area contributed by atoms with E-state index in [9.17, 15) is 14.4 Å². The molecule has 0 spiro atoms. The van der Waals surface area contributed by atoms with Crippen molar-refractivity contribution >= 4 is 40.4 Å². The highest BCUT2D eigenvalue weighted by atomic mass is 127. The van der Waals surface area contributed by atoms with Crippen molar-refractivity contribution in [2.45, 2.75) is 45.8 Å². The Bertz CT molecular complexity index is 713. The Hall–Kier alpha value is -1.84. The summed E-state index contributed by atoms with van der Waals surface area (Å²) in [6.07, 6.45) is -0.856. The van der Waals surface area contributed by atoms with Gasteiger partial charge in [0.25, 0.3) is 0 Å². The molecule has 7 nitrogen and oxygen atoms in total. The van der Waals surface area contributed by atoms with Gasteiger partial charge in [-0.1, -0.05) is 13.0 Å². The zero-order chi connectivity index (χ0) is 20.9. The molecule has 0 aliphatic rings. The number of hydrogen-bond donors (Lipinski definition) is 1. The van der Waals surface area contributed by atoms with Gasteiger partial charge in [-0.3, -0.25) is 14.5 Å². The standard InChI is InChI=1S/C19H26INO6/c1-11(17(23)24)9-14(22)16(21(5)18(25)27-19(2,3)4)12-7-8-15(26-6)13(20)10-12/h7-8,10-11,16H,9H2,1-6H3,(H,23,24)/t11-,16+/m1/s1. The molecule has 1 rings (SSSR count). The maximum absolute atomic E-state index is 12.9. The van der Waals surface area contributed by atoms with Crippen LogP contribution < -0.4 is 4.74 Å². The minimum atomic E-state index is -1.06. The van der Waals surface area contributed by atoms with Crippen molar-refractivity contribution in [3.8, 4) is 5.75 Å². The Morgan fingerprint density at radius 2 is 1.85 bits per heavy atom. The Kier molecular flexibility index (Phi) is 8.06. The average Bonchev–Trinajstić information content (AvgIpc) is 2.53.